The summed E-state index contributed by atoms with van der Waals surface area (Å²) < 4.78 is 6.96. The van der Waals surface area contributed by atoms with E-state index in [0.29, 0.717) is 24.4 Å². The molecule has 1 N–H and O–H groups in total. The van der Waals surface area contributed by atoms with Crippen molar-refractivity contribution in [3.63, 3.8) is 0 Å². The highest BCUT2D eigenvalue weighted by Gasteiger charge is 2.19. The number of hydrogen-bond donors (Lipinski definition) is 1. The Hall–Kier alpha value is -2.92. The number of hydrogen-bond acceptors (Lipinski definition) is 3. The molecule has 0 aliphatic heterocycles. The second-order valence-corrected chi connectivity index (χ2v) is 7.27. The molecule has 0 saturated carbocycles. The largest absolute Gasteiger partial charge is 0.383 e. The Morgan fingerprint density at radius 2 is 1.68 bits per heavy atom. The Morgan fingerprint density at radius 3 is 2.29 bits per heavy atom. The third-order valence-corrected chi connectivity index (χ3v) is 4.59. The first-order valence-electron chi connectivity index (χ1n) is 9.46. The van der Waals surface area contributed by atoms with E-state index in [-0.39, 0.29) is 11.9 Å². The van der Waals surface area contributed by atoms with E-state index < -0.39 is 0 Å². The van der Waals surface area contributed by atoms with Crippen LogP contribution < -0.4 is 5.32 Å². The number of aryl methyl sites for hydroxylation is 2. The number of ether oxygens (including phenoxy) is 1. The van der Waals surface area contributed by atoms with Crippen molar-refractivity contribution in [1.82, 2.24) is 15.1 Å². The number of rotatable bonds is 7. The predicted molar refractivity (Wildman–Crippen MR) is 111 cm³/mol. The van der Waals surface area contributed by atoms with Crippen LogP contribution in [0.15, 0.2) is 54.7 Å². The summed E-state index contributed by atoms with van der Waals surface area (Å²) >= 11 is 0. The Bertz CT molecular complexity index is 927. The van der Waals surface area contributed by atoms with Gasteiger partial charge in [-0.05, 0) is 26.3 Å². The second-order valence-electron chi connectivity index (χ2n) is 7.27. The number of methoxy groups -OCH3 is 1. The molecule has 1 heterocycles. The van der Waals surface area contributed by atoms with E-state index in [1.54, 1.807) is 7.11 Å². The minimum absolute atomic E-state index is 0.0798. The van der Waals surface area contributed by atoms with E-state index in [4.69, 9.17) is 9.84 Å². The molecule has 0 aliphatic carbocycles. The van der Waals surface area contributed by atoms with Gasteiger partial charge in [0.25, 0.3) is 5.91 Å². The topological polar surface area (TPSA) is 56.1 Å². The number of nitrogens with one attached hydrogen (secondary N) is 1. The molecule has 146 valence electrons. The monoisotopic (exact) mass is 377 g/mol. The van der Waals surface area contributed by atoms with Gasteiger partial charge in [-0.25, -0.2) is 0 Å². The Balaban J connectivity index is 1.93. The molecule has 2 aromatic carbocycles. The van der Waals surface area contributed by atoms with Crippen molar-refractivity contribution in [3.8, 4) is 11.3 Å². The van der Waals surface area contributed by atoms with Crippen LogP contribution in [0.1, 0.15) is 34.0 Å². The highest BCUT2D eigenvalue weighted by atomic mass is 16.5. The average molecular weight is 377 g/mol. The summed E-state index contributed by atoms with van der Waals surface area (Å²) in [6.45, 7) is 7.10. The Labute approximate surface area is 166 Å². The van der Waals surface area contributed by atoms with Crippen molar-refractivity contribution >= 4 is 5.91 Å². The zero-order chi connectivity index (χ0) is 20.1. The molecule has 1 aromatic heterocycles. The van der Waals surface area contributed by atoms with Crippen LogP contribution in [0.3, 0.4) is 0 Å². The van der Waals surface area contributed by atoms with Crippen molar-refractivity contribution in [2.45, 2.75) is 33.4 Å². The van der Waals surface area contributed by atoms with E-state index >= 15 is 0 Å². The third-order valence-electron chi connectivity index (χ3n) is 4.59. The Kier molecular flexibility index (Phi) is 6.26. The van der Waals surface area contributed by atoms with Crippen LogP contribution in [0, 0.1) is 13.8 Å². The zero-order valence-electron chi connectivity index (χ0n) is 16.9. The first-order valence-corrected chi connectivity index (χ1v) is 9.46. The van der Waals surface area contributed by atoms with Crippen molar-refractivity contribution < 1.29 is 9.53 Å². The summed E-state index contributed by atoms with van der Waals surface area (Å²) in [5.74, 6) is -0.143. The molecule has 0 spiro atoms. The van der Waals surface area contributed by atoms with Gasteiger partial charge in [0.2, 0.25) is 0 Å². The van der Waals surface area contributed by atoms with Crippen LogP contribution in [0.4, 0.5) is 0 Å². The average Bonchev–Trinajstić information content (AvgIpc) is 3.08. The van der Waals surface area contributed by atoms with Crippen LogP contribution in [0.2, 0.25) is 0 Å². The summed E-state index contributed by atoms with van der Waals surface area (Å²) in [5, 5.41) is 7.71. The van der Waals surface area contributed by atoms with Gasteiger partial charge in [-0.1, -0.05) is 59.7 Å². The first kappa shape index (κ1) is 19.8. The molecule has 0 bridgehead atoms. The zero-order valence-corrected chi connectivity index (χ0v) is 16.9. The lowest BCUT2D eigenvalue weighted by Crippen LogP contribution is -2.35. The van der Waals surface area contributed by atoms with Crippen LogP contribution in [0.25, 0.3) is 11.3 Å². The Morgan fingerprint density at radius 1 is 1.07 bits per heavy atom. The smallest absolute Gasteiger partial charge is 0.255 e. The van der Waals surface area contributed by atoms with Crippen molar-refractivity contribution in [2.24, 2.45) is 0 Å². The summed E-state index contributed by atoms with van der Waals surface area (Å²) in [4.78, 5) is 12.9. The minimum atomic E-state index is -0.143. The van der Waals surface area contributed by atoms with Gasteiger partial charge in [-0.15, -0.1) is 0 Å². The van der Waals surface area contributed by atoms with E-state index in [1.165, 1.54) is 11.1 Å². The number of nitrogens with zero attached hydrogens (tertiary/aromatic N) is 2. The van der Waals surface area contributed by atoms with Gasteiger partial charge in [0, 0.05) is 24.9 Å². The molecule has 1 atom stereocenters. The molecular formula is C23H27N3O2. The lowest BCUT2D eigenvalue weighted by molar-refractivity contribution is 0.0906. The fourth-order valence-electron chi connectivity index (χ4n) is 3.07. The van der Waals surface area contributed by atoms with Crippen LogP contribution in [0.5, 0.6) is 0 Å². The fourth-order valence-corrected chi connectivity index (χ4v) is 3.07. The predicted octanol–water partition coefficient (Wildman–Crippen LogP) is 3.98. The van der Waals surface area contributed by atoms with Crippen molar-refractivity contribution in [2.75, 3.05) is 13.7 Å². The van der Waals surface area contributed by atoms with E-state index in [9.17, 15) is 4.79 Å². The normalized spacial score (nSPS) is 12.0. The number of carbonyl (C=O) groups is 1. The summed E-state index contributed by atoms with van der Waals surface area (Å²) in [5.41, 5.74) is 5.72. The molecule has 3 aromatic rings. The quantitative estimate of drug-likeness (QED) is 0.678. The van der Waals surface area contributed by atoms with E-state index in [0.717, 1.165) is 11.1 Å². The third kappa shape index (κ3) is 4.87. The van der Waals surface area contributed by atoms with Crippen molar-refractivity contribution in [3.05, 3.63) is 77.0 Å². The maximum atomic E-state index is 12.9. The SMILES string of the molecule is COCC(C)NC(=O)c1cn(Cc2ccc(C)cc2)nc1-c1ccc(C)cc1. The molecule has 28 heavy (non-hydrogen) atoms. The van der Waals surface area contributed by atoms with Gasteiger partial charge in [0.05, 0.1) is 18.7 Å². The van der Waals surface area contributed by atoms with Gasteiger partial charge in [-0.2, -0.15) is 5.10 Å². The van der Waals surface area contributed by atoms with E-state index in [1.807, 2.05) is 49.0 Å². The molecule has 3 rings (SSSR count). The molecule has 5 heteroatoms. The molecule has 1 unspecified atom stereocenters. The number of aromatic nitrogens is 2. The fraction of sp³-hybridized carbons (Fsp3) is 0.304. The molecule has 0 aliphatic rings. The minimum Gasteiger partial charge on any atom is -0.383 e. The second kappa shape index (κ2) is 8.85. The van der Waals surface area contributed by atoms with Gasteiger partial charge in [0.1, 0.15) is 5.69 Å². The van der Waals surface area contributed by atoms with Crippen LogP contribution in [-0.4, -0.2) is 35.4 Å². The molecule has 0 saturated heterocycles. The lowest BCUT2D eigenvalue weighted by atomic mass is 10.1. The standard InChI is InChI=1S/C23H27N3O2/c1-16-5-9-19(10-6-16)13-26-14-21(23(27)24-18(3)15-28-4)22(25-26)20-11-7-17(2)8-12-20/h5-12,14,18H,13,15H2,1-4H3,(H,24,27). The van der Waals surface area contributed by atoms with Gasteiger partial charge >= 0.3 is 0 Å². The maximum Gasteiger partial charge on any atom is 0.255 e. The summed E-state index contributed by atoms with van der Waals surface area (Å²) in [7, 11) is 1.62. The maximum absolute atomic E-state index is 12.9. The summed E-state index contributed by atoms with van der Waals surface area (Å²) in [6.07, 6.45) is 1.82. The number of benzene rings is 2. The van der Waals surface area contributed by atoms with Gasteiger partial charge in [-0.3, -0.25) is 9.48 Å². The highest BCUT2D eigenvalue weighted by molar-refractivity contribution is 6.00. The number of amides is 1. The number of carbonyl (C=O) groups excluding carboxylic acids is 1. The van der Waals surface area contributed by atoms with Crippen LogP contribution in [-0.2, 0) is 11.3 Å². The summed E-state index contributed by atoms with van der Waals surface area (Å²) in [6, 6.07) is 16.3. The molecule has 0 radical (unpaired) electrons. The first-order chi connectivity index (χ1) is 13.5. The lowest BCUT2D eigenvalue weighted by Gasteiger charge is -2.12. The highest BCUT2D eigenvalue weighted by Crippen LogP contribution is 2.23. The molecule has 1 amide bonds. The van der Waals surface area contributed by atoms with E-state index in [2.05, 4.69) is 36.5 Å². The van der Waals surface area contributed by atoms with Gasteiger partial charge < -0.3 is 10.1 Å². The molecule has 0 fully saturated rings. The van der Waals surface area contributed by atoms with Crippen LogP contribution >= 0.6 is 0 Å². The van der Waals surface area contributed by atoms with Crippen molar-refractivity contribution in [1.29, 1.82) is 0 Å². The molecular weight excluding hydrogens is 350 g/mol. The van der Waals surface area contributed by atoms with Gasteiger partial charge in [0.15, 0.2) is 0 Å². The molecule has 5 nitrogen and oxygen atoms in total.